The van der Waals surface area contributed by atoms with E-state index in [1.54, 1.807) is 6.07 Å². The summed E-state index contributed by atoms with van der Waals surface area (Å²) in [6.07, 6.45) is 1.58. The maximum atomic E-state index is 11.0. The number of carboxylic acid groups (broad SMARTS) is 1. The Kier molecular flexibility index (Phi) is 4.07. The molecule has 2 heterocycles. The van der Waals surface area contributed by atoms with Crippen LogP contribution in [0.5, 0.6) is 0 Å². The number of piperidine rings is 1. The Labute approximate surface area is 116 Å². The molecule has 1 aliphatic rings. The monoisotopic (exact) mass is 278 g/mol. The number of aromatic nitrogens is 1. The summed E-state index contributed by atoms with van der Waals surface area (Å²) in [5, 5.41) is 11.9. The fourth-order valence-electron chi connectivity index (χ4n) is 2.35. The van der Waals surface area contributed by atoms with E-state index in [2.05, 4.69) is 10.3 Å². The van der Waals surface area contributed by atoms with Gasteiger partial charge in [0.15, 0.2) is 11.5 Å². The highest BCUT2D eigenvalue weighted by molar-refractivity contribution is 5.87. The molecule has 2 rings (SSSR count). The lowest BCUT2D eigenvalue weighted by atomic mass is 10.0. The highest BCUT2D eigenvalue weighted by atomic mass is 16.4. The maximum Gasteiger partial charge on any atom is 0.354 e. The minimum atomic E-state index is -1.07. The van der Waals surface area contributed by atoms with E-state index in [0.29, 0.717) is 24.6 Å². The van der Waals surface area contributed by atoms with Gasteiger partial charge in [0.2, 0.25) is 5.91 Å². The van der Waals surface area contributed by atoms with Crippen molar-refractivity contribution >= 4 is 23.4 Å². The molecule has 4 N–H and O–H groups in total. The fourth-order valence-corrected chi connectivity index (χ4v) is 2.35. The quantitative estimate of drug-likeness (QED) is 0.741. The number of amides is 1. The van der Waals surface area contributed by atoms with E-state index in [9.17, 15) is 9.59 Å². The van der Waals surface area contributed by atoms with E-state index in [1.807, 2.05) is 4.90 Å². The lowest BCUT2D eigenvalue weighted by Crippen LogP contribution is -2.44. The zero-order chi connectivity index (χ0) is 14.7. The molecule has 20 heavy (non-hydrogen) atoms. The molecule has 7 heteroatoms. The molecule has 0 radical (unpaired) electrons. The number of carbonyl (C=O) groups is 2. The minimum absolute atomic E-state index is 0.0156. The van der Waals surface area contributed by atoms with Gasteiger partial charge in [0.25, 0.3) is 0 Å². The number of carbonyl (C=O) groups excluding carboxylic acids is 1. The zero-order valence-electron chi connectivity index (χ0n) is 11.3. The molecule has 7 nitrogen and oxygen atoms in total. The maximum absolute atomic E-state index is 11.0. The van der Waals surface area contributed by atoms with E-state index >= 15 is 0 Å². The third-order valence-electron chi connectivity index (χ3n) is 3.33. The van der Waals surface area contributed by atoms with Gasteiger partial charge in [-0.2, -0.15) is 0 Å². The Morgan fingerprint density at radius 1 is 1.40 bits per heavy atom. The average Bonchev–Trinajstić information content (AvgIpc) is 2.39. The van der Waals surface area contributed by atoms with Crippen molar-refractivity contribution < 1.29 is 14.7 Å². The zero-order valence-corrected chi connectivity index (χ0v) is 11.3. The molecule has 0 saturated carbocycles. The Bertz CT molecular complexity index is 524. The Balaban J connectivity index is 2.08. The molecular formula is C13H18N4O3. The number of rotatable bonds is 3. The molecule has 0 bridgehead atoms. The van der Waals surface area contributed by atoms with Crippen LogP contribution in [0.4, 0.5) is 11.5 Å². The molecule has 1 aromatic heterocycles. The van der Waals surface area contributed by atoms with Crippen LogP contribution < -0.4 is 16.0 Å². The molecule has 0 aromatic carbocycles. The van der Waals surface area contributed by atoms with Gasteiger partial charge in [0, 0.05) is 26.1 Å². The lowest BCUT2D eigenvalue weighted by Gasteiger charge is -2.33. The van der Waals surface area contributed by atoms with Gasteiger partial charge >= 0.3 is 5.97 Å². The first-order valence-corrected chi connectivity index (χ1v) is 6.49. The highest BCUT2D eigenvalue weighted by Crippen LogP contribution is 2.24. The summed E-state index contributed by atoms with van der Waals surface area (Å²) in [4.78, 5) is 28.0. The Hall–Kier alpha value is -2.31. The molecule has 1 aliphatic heterocycles. The number of nitrogen functional groups attached to an aromatic ring is 1. The van der Waals surface area contributed by atoms with Crippen molar-refractivity contribution in [2.45, 2.75) is 25.8 Å². The van der Waals surface area contributed by atoms with E-state index in [1.165, 1.54) is 13.0 Å². The van der Waals surface area contributed by atoms with Gasteiger partial charge in [0.1, 0.15) is 0 Å². The van der Waals surface area contributed by atoms with Crippen molar-refractivity contribution in [2.75, 3.05) is 23.7 Å². The average molecular weight is 278 g/mol. The van der Waals surface area contributed by atoms with Gasteiger partial charge in [-0.1, -0.05) is 0 Å². The number of nitrogens with zero attached hydrogens (tertiary/aromatic N) is 2. The van der Waals surface area contributed by atoms with Gasteiger partial charge in [0.05, 0.1) is 5.69 Å². The minimum Gasteiger partial charge on any atom is -0.477 e. The van der Waals surface area contributed by atoms with Crippen molar-refractivity contribution in [1.82, 2.24) is 10.3 Å². The molecule has 1 fully saturated rings. The number of hydrogen-bond donors (Lipinski definition) is 3. The summed E-state index contributed by atoms with van der Waals surface area (Å²) >= 11 is 0. The van der Waals surface area contributed by atoms with Gasteiger partial charge in [-0.3, -0.25) is 4.79 Å². The third kappa shape index (κ3) is 3.17. The van der Waals surface area contributed by atoms with Crippen LogP contribution in [0.25, 0.3) is 0 Å². The number of hydrogen-bond acceptors (Lipinski definition) is 5. The first-order valence-electron chi connectivity index (χ1n) is 6.49. The van der Waals surface area contributed by atoms with Gasteiger partial charge in [-0.25, -0.2) is 9.78 Å². The largest absolute Gasteiger partial charge is 0.477 e. The van der Waals surface area contributed by atoms with Gasteiger partial charge < -0.3 is 21.1 Å². The summed E-state index contributed by atoms with van der Waals surface area (Å²) in [6.45, 7) is 2.87. The summed E-state index contributed by atoms with van der Waals surface area (Å²) in [7, 11) is 0. The van der Waals surface area contributed by atoms with Gasteiger partial charge in [-0.15, -0.1) is 0 Å². The van der Waals surface area contributed by atoms with Crippen LogP contribution in [-0.2, 0) is 4.79 Å². The van der Waals surface area contributed by atoms with E-state index in [-0.39, 0.29) is 17.6 Å². The van der Waals surface area contributed by atoms with E-state index < -0.39 is 5.97 Å². The second kappa shape index (κ2) is 5.77. The van der Waals surface area contributed by atoms with Crippen molar-refractivity contribution in [3.8, 4) is 0 Å². The molecular weight excluding hydrogens is 260 g/mol. The van der Waals surface area contributed by atoms with Crippen LogP contribution >= 0.6 is 0 Å². The second-order valence-electron chi connectivity index (χ2n) is 4.88. The van der Waals surface area contributed by atoms with E-state index in [4.69, 9.17) is 10.8 Å². The van der Waals surface area contributed by atoms with Crippen LogP contribution in [0.2, 0.25) is 0 Å². The van der Waals surface area contributed by atoms with Crippen molar-refractivity contribution in [3.05, 3.63) is 17.8 Å². The molecule has 0 unspecified atom stereocenters. The van der Waals surface area contributed by atoms with Crippen LogP contribution in [-0.4, -0.2) is 41.1 Å². The fraction of sp³-hybridized carbons (Fsp3) is 0.462. The number of carboxylic acids is 1. The summed E-state index contributed by atoms with van der Waals surface area (Å²) in [5.74, 6) is -0.598. The lowest BCUT2D eigenvalue weighted by molar-refractivity contribution is -0.119. The van der Waals surface area contributed by atoms with Crippen LogP contribution in [0.3, 0.4) is 0 Å². The van der Waals surface area contributed by atoms with Gasteiger partial charge in [-0.05, 0) is 25.0 Å². The smallest absolute Gasteiger partial charge is 0.354 e. The summed E-state index contributed by atoms with van der Waals surface area (Å²) in [5.41, 5.74) is 6.32. The van der Waals surface area contributed by atoms with Crippen molar-refractivity contribution in [3.63, 3.8) is 0 Å². The number of nitrogens with two attached hydrogens (primary N) is 1. The summed E-state index contributed by atoms with van der Waals surface area (Å²) in [6, 6.07) is 3.12. The number of aromatic carboxylic acids is 1. The first-order chi connectivity index (χ1) is 9.47. The molecule has 0 aliphatic carbocycles. The summed E-state index contributed by atoms with van der Waals surface area (Å²) < 4.78 is 0. The Morgan fingerprint density at radius 3 is 2.60 bits per heavy atom. The van der Waals surface area contributed by atoms with Crippen LogP contribution in [0.1, 0.15) is 30.3 Å². The molecule has 1 amide bonds. The molecule has 108 valence electrons. The number of pyridine rings is 1. The normalized spacial score (nSPS) is 15.9. The third-order valence-corrected chi connectivity index (χ3v) is 3.33. The van der Waals surface area contributed by atoms with Crippen LogP contribution in [0.15, 0.2) is 12.1 Å². The predicted molar refractivity (Wildman–Crippen MR) is 74.7 cm³/mol. The first kappa shape index (κ1) is 14.1. The van der Waals surface area contributed by atoms with E-state index in [0.717, 1.165) is 12.8 Å². The topological polar surface area (TPSA) is 109 Å². The molecule has 0 atom stereocenters. The number of anilines is 2. The van der Waals surface area contributed by atoms with Crippen molar-refractivity contribution in [2.24, 2.45) is 0 Å². The Morgan fingerprint density at radius 2 is 2.05 bits per heavy atom. The van der Waals surface area contributed by atoms with Crippen molar-refractivity contribution in [1.29, 1.82) is 0 Å². The molecule has 1 saturated heterocycles. The van der Waals surface area contributed by atoms with Crippen LogP contribution in [0, 0.1) is 0 Å². The molecule has 1 aromatic rings. The standard InChI is InChI=1S/C13H18N4O3/c1-8(18)15-9-4-6-17(7-5-9)12-10(14)2-3-11(16-12)13(19)20/h2-3,9H,4-7,14H2,1H3,(H,15,18)(H,19,20). The molecule has 0 spiro atoms. The number of nitrogens with one attached hydrogen (secondary N) is 1. The predicted octanol–water partition coefficient (Wildman–Crippen LogP) is 0.467. The highest BCUT2D eigenvalue weighted by Gasteiger charge is 2.22. The second-order valence-corrected chi connectivity index (χ2v) is 4.88. The SMILES string of the molecule is CC(=O)NC1CCN(c2nc(C(=O)O)ccc2N)CC1.